The fraction of sp³-hybridized carbons (Fsp3) is 0.741. The summed E-state index contributed by atoms with van der Waals surface area (Å²) < 4.78 is 12.4. The molecule has 2 saturated heterocycles. The van der Waals surface area contributed by atoms with E-state index in [0.29, 0.717) is 19.6 Å². The Bertz CT molecular complexity index is 898. The summed E-state index contributed by atoms with van der Waals surface area (Å²) in [5, 5.41) is 10.2. The Kier molecular flexibility index (Phi) is 7.44. The van der Waals surface area contributed by atoms with Gasteiger partial charge in [-0.3, -0.25) is 14.4 Å². The number of ether oxygens (including phenoxy) is 2. The van der Waals surface area contributed by atoms with Gasteiger partial charge in [0.2, 0.25) is 11.8 Å². The number of aliphatic hydroxyl groups excluding tert-OH is 1. The minimum absolute atomic E-state index is 0.0138. The number of esters is 1. The standard InChI is InChI=1S/C27H40N2O6/c1-5-12-18(3)28-15-11-14-27-20(23(31)29(19(6-2)17-30)22(27)24(28)32)21-25(33)34-16-10-8-7-9-13-26(21,4)35-27/h9,11,13-14,18-22,30H,5-8,10,12,15-17H2,1-4H3/b13-9-/t18?,19-,20-,21-,22?,26+,27-/m0/s1. The van der Waals surface area contributed by atoms with Crippen molar-refractivity contribution >= 4 is 17.8 Å². The van der Waals surface area contributed by atoms with Gasteiger partial charge in [-0.1, -0.05) is 44.6 Å². The molecule has 1 spiro atoms. The van der Waals surface area contributed by atoms with Crippen molar-refractivity contribution in [2.45, 2.75) is 95.5 Å². The van der Waals surface area contributed by atoms with Crippen molar-refractivity contribution in [3.63, 3.8) is 0 Å². The molecule has 8 nitrogen and oxygen atoms in total. The number of nitrogens with zero attached hydrogens (tertiary/aromatic N) is 2. The minimum Gasteiger partial charge on any atom is -0.465 e. The molecule has 4 aliphatic rings. The van der Waals surface area contributed by atoms with Crippen LogP contribution in [0.2, 0.25) is 0 Å². The molecule has 7 atom stereocenters. The molecule has 4 aliphatic heterocycles. The number of likely N-dealkylation sites (tertiary alicyclic amines) is 1. The maximum atomic E-state index is 14.2. The monoisotopic (exact) mass is 488 g/mol. The second-order valence-corrected chi connectivity index (χ2v) is 10.6. The summed E-state index contributed by atoms with van der Waals surface area (Å²) in [6.07, 6.45) is 12.4. The van der Waals surface area contributed by atoms with Gasteiger partial charge in [0, 0.05) is 12.6 Å². The molecule has 2 unspecified atom stereocenters. The normalized spacial score (nSPS) is 37.7. The Morgan fingerprint density at radius 3 is 2.57 bits per heavy atom. The van der Waals surface area contributed by atoms with E-state index < -0.39 is 41.1 Å². The number of hydrogen-bond acceptors (Lipinski definition) is 6. The minimum atomic E-state index is -1.31. The van der Waals surface area contributed by atoms with E-state index in [9.17, 15) is 19.5 Å². The lowest BCUT2D eigenvalue weighted by Gasteiger charge is -2.41. The molecule has 0 saturated carbocycles. The van der Waals surface area contributed by atoms with Gasteiger partial charge in [-0.05, 0) is 46.0 Å². The molecule has 35 heavy (non-hydrogen) atoms. The van der Waals surface area contributed by atoms with Gasteiger partial charge in [0.05, 0.1) is 30.8 Å². The maximum absolute atomic E-state index is 14.2. The topological polar surface area (TPSA) is 96.4 Å². The third-order valence-electron chi connectivity index (χ3n) is 8.28. The van der Waals surface area contributed by atoms with Crippen LogP contribution in [0.25, 0.3) is 0 Å². The quantitative estimate of drug-likeness (QED) is 0.456. The van der Waals surface area contributed by atoms with E-state index in [1.165, 1.54) is 4.90 Å². The average molecular weight is 489 g/mol. The first kappa shape index (κ1) is 25.9. The number of cyclic esters (lactones) is 1. The highest BCUT2D eigenvalue weighted by Gasteiger charge is 2.75. The van der Waals surface area contributed by atoms with Crippen molar-refractivity contribution in [1.29, 1.82) is 0 Å². The molecule has 2 amide bonds. The van der Waals surface area contributed by atoms with E-state index in [1.54, 1.807) is 0 Å². The summed E-state index contributed by atoms with van der Waals surface area (Å²) in [5.74, 6) is -2.77. The first-order valence-electron chi connectivity index (χ1n) is 13.2. The number of fused-ring (bicyclic) bond motifs is 2. The molecular weight excluding hydrogens is 448 g/mol. The van der Waals surface area contributed by atoms with Crippen molar-refractivity contribution < 1.29 is 29.0 Å². The lowest BCUT2D eigenvalue weighted by atomic mass is 9.74. The van der Waals surface area contributed by atoms with Gasteiger partial charge in [-0.2, -0.15) is 0 Å². The number of aliphatic hydroxyl groups is 1. The Balaban J connectivity index is 1.87. The number of amides is 2. The predicted molar refractivity (Wildman–Crippen MR) is 130 cm³/mol. The molecule has 194 valence electrons. The SMILES string of the molecule is CCCC(C)N1CC=C[C@]23O[C@]4(C)/C=C\CCCCOC(=O)[C@@H]4[C@H]2C(=O)N([C@@H](CC)CO)C3C1=O. The Hall–Kier alpha value is -2.19. The molecule has 0 radical (unpaired) electrons. The van der Waals surface area contributed by atoms with E-state index in [0.717, 1.165) is 32.1 Å². The molecule has 4 rings (SSSR count). The van der Waals surface area contributed by atoms with E-state index in [2.05, 4.69) is 6.92 Å². The summed E-state index contributed by atoms with van der Waals surface area (Å²) in [7, 11) is 0. The Morgan fingerprint density at radius 1 is 1.11 bits per heavy atom. The molecular formula is C27H40N2O6. The van der Waals surface area contributed by atoms with Crippen LogP contribution >= 0.6 is 0 Å². The second-order valence-electron chi connectivity index (χ2n) is 10.6. The summed E-state index contributed by atoms with van der Waals surface area (Å²) in [5.41, 5.74) is -2.40. The Morgan fingerprint density at radius 2 is 1.89 bits per heavy atom. The first-order valence-corrected chi connectivity index (χ1v) is 13.2. The number of carbonyl (C=O) groups is 3. The Labute approximate surface area is 208 Å². The van der Waals surface area contributed by atoms with Gasteiger partial charge in [0.15, 0.2) is 0 Å². The molecule has 8 heteroatoms. The number of rotatable bonds is 6. The molecule has 1 N–H and O–H groups in total. The lowest BCUT2D eigenvalue weighted by Crippen LogP contribution is -2.59. The van der Waals surface area contributed by atoms with Crippen molar-refractivity contribution in [3.05, 3.63) is 24.3 Å². The fourth-order valence-electron chi connectivity index (χ4n) is 6.53. The van der Waals surface area contributed by atoms with Gasteiger partial charge < -0.3 is 24.4 Å². The van der Waals surface area contributed by atoms with Crippen LogP contribution in [0.3, 0.4) is 0 Å². The molecule has 2 fully saturated rings. The predicted octanol–water partition coefficient (Wildman–Crippen LogP) is 2.60. The van der Waals surface area contributed by atoms with E-state index in [1.807, 2.05) is 50.0 Å². The van der Waals surface area contributed by atoms with Crippen molar-refractivity contribution in [3.8, 4) is 0 Å². The van der Waals surface area contributed by atoms with Gasteiger partial charge in [-0.25, -0.2) is 0 Å². The summed E-state index contributed by atoms with van der Waals surface area (Å²) in [6, 6.07) is -1.51. The zero-order chi connectivity index (χ0) is 25.4. The number of carbonyl (C=O) groups excluding carboxylic acids is 3. The van der Waals surface area contributed by atoms with Crippen LogP contribution in [0, 0.1) is 11.8 Å². The molecule has 0 bridgehead atoms. The van der Waals surface area contributed by atoms with Crippen molar-refractivity contribution in [2.24, 2.45) is 11.8 Å². The lowest BCUT2D eigenvalue weighted by molar-refractivity contribution is -0.162. The highest BCUT2D eigenvalue weighted by atomic mass is 16.6. The van der Waals surface area contributed by atoms with Crippen LogP contribution in [0.4, 0.5) is 0 Å². The average Bonchev–Trinajstić information content (AvgIpc) is 3.15. The second kappa shape index (κ2) is 10.1. The van der Waals surface area contributed by atoms with Crippen LogP contribution in [-0.4, -0.2) is 81.8 Å². The number of allylic oxidation sites excluding steroid dienone is 1. The highest BCUT2D eigenvalue weighted by Crippen LogP contribution is 2.57. The van der Waals surface area contributed by atoms with Crippen molar-refractivity contribution in [2.75, 3.05) is 19.8 Å². The van der Waals surface area contributed by atoms with E-state index in [-0.39, 0.29) is 24.5 Å². The molecule has 0 aromatic heterocycles. The van der Waals surface area contributed by atoms with Gasteiger partial charge in [0.25, 0.3) is 0 Å². The molecule has 4 heterocycles. The first-order chi connectivity index (χ1) is 16.8. The smallest absolute Gasteiger partial charge is 0.313 e. The third kappa shape index (κ3) is 4.12. The van der Waals surface area contributed by atoms with E-state index >= 15 is 0 Å². The van der Waals surface area contributed by atoms with Gasteiger partial charge in [0.1, 0.15) is 17.6 Å². The zero-order valence-electron chi connectivity index (χ0n) is 21.4. The van der Waals surface area contributed by atoms with Crippen LogP contribution < -0.4 is 0 Å². The zero-order valence-corrected chi connectivity index (χ0v) is 21.4. The van der Waals surface area contributed by atoms with Crippen LogP contribution in [0.15, 0.2) is 24.3 Å². The van der Waals surface area contributed by atoms with Crippen LogP contribution in [-0.2, 0) is 23.9 Å². The fourth-order valence-corrected chi connectivity index (χ4v) is 6.53. The summed E-state index contributed by atoms with van der Waals surface area (Å²) >= 11 is 0. The van der Waals surface area contributed by atoms with Gasteiger partial charge in [-0.15, -0.1) is 0 Å². The summed E-state index contributed by atoms with van der Waals surface area (Å²) in [6.45, 7) is 8.25. The largest absolute Gasteiger partial charge is 0.465 e. The highest BCUT2D eigenvalue weighted by molar-refractivity contribution is 5.99. The molecule has 0 aromatic carbocycles. The van der Waals surface area contributed by atoms with E-state index in [4.69, 9.17) is 9.47 Å². The van der Waals surface area contributed by atoms with Crippen molar-refractivity contribution in [1.82, 2.24) is 9.80 Å². The van der Waals surface area contributed by atoms with Gasteiger partial charge >= 0.3 is 5.97 Å². The molecule has 0 aromatic rings. The van der Waals surface area contributed by atoms with Crippen LogP contribution in [0.1, 0.15) is 66.2 Å². The van der Waals surface area contributed by atoms with Crippen LogP contribution in [0.5, 0.6) is 0 Å². The third-order valence-corrected chi connectivity index (χ3v) is 8.28. The number of hydrogen-bond donors (Lipinski definition) is 1. The summed E-state index contributed by atoms with van der Waals surface area (Å²) in [4.78, 5) is 45.1. The maximum Gasteiger partial charge on any atom is 0.313 e. The molecule has 0 aliphatic carbocycles.